The standard InChI is InChI=1S/C31H35NO4/c1-19-12-14-22(15-13-19)26-21(3)25-18-32(29(33)23-10-8-7-9-11-23)17-16-24(25)20(2)27(26)28(30(34)35)36-31(4,5)6/h7-15,28H,16-18H2,1-6H3,(H,34,35). The van der Waals surface area contributed by atoms with Gasteiger partial charge in [0, 0.05) is 24.2 Å². The zero-order valence-corrected chi connectivity index (χ0v) is 22.0. The highest BCUT2D eigenvalue weighted by molar-refractivity contribution is 5.94. The molecule has 0 aromatic heterocycles. The molecule has 3 aromatic rings. The number of benzene rings is 3. The van der Waals surface area contributed by atoms with E-state index in [4.69, 9.17) is 4.74 Å². The average molecular weight is 486 g/mol. The molecule has 1 aliphatic rings. The molecule has 5 heteroatoms. The fourth-order valence-corrected chi connectivity index (χ4v) is 5.17. The second kappa shape index (κ2) is 9.90. The molecule has 1 unspecified atom stereocenters. The largest absolute Gasteiger partial charge is 0.479 e. The van der Waals surface area contributed by atoms with Crippen molar-refractivity contribution in [3.8, 4) is 11.1 Å². The van der Waals surface area contributed by atoms with Crippen LogP contribution in [0.1, 0.15) is 70.6 Å². The highest BCUT2D eigenvalue weighted by atomic mass is 16.5. The summed E-state index contributed by atoms with van der Waals surface area (Å²) in [6.45, 7) is 12.8. The van der Waals surface area contributed by atoms with Gasteiger partial charge in [0.25, 0.3) is 5.91 Å². The predicted molar refractivity (Wildman–Crippen MR) is 142 cm³/mol. The zero-order chi connectivity index (χ0) is 26.2. The maximum absolute atomic E-state index is 13.2. The quantitative estimate of drug-likeness (QED) is 0.453. The molecule has 1 atom stereocenters. The van der Waals surface area contributed by atoms with E-state index in [1.54, 1.807) is 0 Å². The van der Waals surface area contributed by atoms with Crippen LogP contribution in [0.25, 0.3) is 11.1 Å². The first-order valence-electron chi connectivity index (χ1n) is 12.4. The lowest BCUT2D eigenvalue weighted by atomic mass is 9.80. The molecule has 1 N–H and O–H groups in total. The van der Waals surface area contributed by atoms with Gasteiger partial charge >= 0.3 is 5.97 Å². The lowest BCUT2D eigenvalue weighted by Crippen LogP contribution is -2.37. The molecule has 188 valence electrons. The summed E-state index contributed by atoms with van der Waals surface area (Å²) in [7, 11) is 0. The van der Waals surface area contributed by atoms with E-state index in [1.165, 1.54) is 0 Å². The van der Waals surface area contributed by atoms with Crippen molar-refractivity contribution in [2.45, 2.75) is 66.2 Å². The van der Waals surface area contributed by atoms with Gasteiger partial charge in [0.15, 0.2) is 6.10 Å². The predicted octanol–water partition coefficient (Wildman–Crippen LogP) is 6.42. The monoisotopic (exact) mass is 485 g/mol. The van der Waals surface area contributed by atoms with Crippen molar-refractivity contribution in [3.05, 3.63) is 93.5 Å². The average Bonchev–Trinajstić information content (AvgIpc) is 2.84. The summed E-state index contributed by atoms with van der Waals surface area (Å²) in [5.74, 6) is -0.990. The zero-order valence-electron chi connectivity index (χ0n) is 22.0. The summed E-state index contributed by atoms with van der Waals surface area (Å²) < 4.78 is 6.15. The first-order valence-corrected chi connectivity index (χ1v) is 12.4. The van der Waals surface area contributed by atoms with Gasteiger partial charge in [0.1, 0.15) is 0 Å². The molecule has 1 amide bonds. The molecule has 1 aliphatic heterocycles. The normalized spacial score (nSPS) is 14.3. The Labute approximate surface area is 213 Å². The molecule has 0 saturated heterocycles. The number of carbonyl (C=O) groups excluding carboxylic acids is 1. The van der Waals surface area contributed by atoms with Gasteiger partial charge in [-0.3, -0.25) is 4.79 Å². The van der Waals surface area contributed by atoms with Crippen LogP contribution in [0.15, 0.2) is 54.6 Å². The van der Waals surface area contributed by atoms with Crippen molar-refractivity contribution in [1.29, 1.82) is 0 Å². The molecular formula is C31H35NO4. The second-order valence-electron chi connectivity index (χ2n) is 10.7. The van der Waals surface area contributed by atoms with Crippen LogP contribution in [0, 0.1) is 20.8 Å². The Morgan fingerprint density at radius 1 is 0.917 bits per heavy atom. The summed E-state index contributed by atoms with van der Waals surface area (Å²) in [6, 6.07) is 17.5. The highest BCUT2D eigenvalue weighted by Gasteiger charge is 2.35. The van der Waals surface area contributed by atoms with Gasteiger partial charge in [-0.1, -0.05) is 48.0 Å². The van der Waals surface area contributed by atoms with E-state index in [9.17, 15) is 14.7 Å². The fraction of sp³-hybridized carbons (Fsp3) is 0.355. The van der Waals surface area contributed by atoms with Crippen LogP contribution in [0.3, 0.4) is 0 Å². The smallest absolute Gasteiger partial charge is 0.337 e. The van der Waals surface area contributed by atoms with Gasteiger partial charge in [-0.05, 0) is 93.5 Å². The summed E-state index contributed by atoms with van der Waals surface area (Å²) in [5, 5.41) is 10.3. The Hall–Kier alpha value is -3.44. The Morgan fingerprint density at radius 3 is 2.14 bits per heavy atom. The molecule has 0 spiro atoms. The minimum Gasteiger partial charge on any atom is -0.479 e. The molecule has 0 radical (unpaired) electrons. The van der Waals surface area contributed by atoms with Gasteiger partial charge in [0.05, 0.1) is 5.60 Å². The second-order valence-corrected chi connectivity index (χ2v) is 10.7. The van der Waals surface area contributed by atoms with E-state index in [2.05, 4.69) is 0 Å². The Kier molecular flexibility index (Phi) is 7.05. The summed E-state index contributed by atoms with van der Waals surface area (Å²) in [5.41, 5.74) is 7.89. The highest BCUT2D eigenvalue weighted by Crippen LogP contribution is 2.42. The minimum absolute atomic E-state index is 0.0127. The van der Waals surface area contributed by atoms with Gasteiger partial charge in [-0.2, -0.15) is 0 Å². The first-order chi connectivity index (χ1) is 17.0. The maximum Gasteiger partial charge on any atom is 0.337 e. The van der Waals surface area contributed by atoms with Gasteiger partial charge < -0.3 is 14.7 Å². The summed E-state index contributed by atoms with van der Waals surface area (Å²) >= 11 is 0. The van der Waals surface area contributed by atoms with Crippen LogP contribution in [0.2, 0.25) is 0 Å². The third kappa shape index (κ3) is 5.07. The van der Waals surface area contributed by atoms with Gasteiger partial charge in [-0.25, -0.2) is 4.79 Å². The van der Waals surface area contributed by atoms with Crippen LogP contribution in [-0.2, 0) is 22.5 Å². The number of fused-ring (bicyclic) bond motifs is 1. The van der Waals surface area contributed by atoms with E-state index in [-0.39, 0.29) is 5.91 Å². The van der Waals surface area contributed by atoms with Crippen LogP contribution in [-0.4, -0.2) is 34.0 Å². The topological polar surface area (TPSA) is 66.8 Å². The number of carboxylic acid groups (broad SMARTS) is 1. The number of carbonyl (C=O) groups is 2. The van der Waals surface area contributed by atoms with Crippen molar-refractivity contribution in [1.82, 2.24) is 4.90 Å². The number of nitrogens with zero attached hydrogens (tertiary/aromatic N) is 1. The van der Waals surface area contributed by atoms with Gasteiger partial charge in [-0.15, -0.1) is 0 Å². The minimum atomic E-state index is -1.10. The molecule has 5 nitrogen and oxygen atoms in total. The fourth-order valence-electron chi connectivity index (χ4n) is 5.17. The van der Waals surface area contributed by atoms with Crippen molar-refractivity contribution >= 4 is 11.9 Å². The third-order valence-corrected chi connectivity index (χ3v) is 6.90. The van der Waals surface area contributed by atoms with Crippen LogP contribution < -0.4 is 0 Å². The molecule has 1 heterocycles. The van der Waals surface area contributed by atoms with E-state index >= 15 is 0 Å². The van der Waals surface area contributed by atoms with E-state index < -0.39 is 17.7 Å². The number of ether oxygens (including phenoxy) is 1. The van der Waals surface area contributed by atoms with Crippen molar-refractivity contribution in [2.24, 2.45) is 0 Å². The SMILES string of the molecule is Cc1ccc(-c2c(C)c3c(c(C)c2C(OC(C)(C)C)C(=O)O)CCN(C(=O)c2ccccc2)C3)cc1. The molecule has 4 rings (SSSR count). The van der Waals surface area contributed by atoms with Crippen LogP contribution in [0.5, 0.6) is 0 Å². The molecule has 36 heavy (non-hydrogen) atoms. The number of rotatable bonds is 5. The van der Waals surface area contributed by atoms with E-state index in [0.29, 0.717) is 30.6 Å². The molecule has 0 bridgehead atoms. The first kappa shape index (κ1) is 25.6. The number of aliphatic carboxylic acids is 1. The maximum atomic E-state index is 13.2. The van der Waals surface area contributed by atoms with E-state index in [0.717, 1.165) is 38.9 Å². The molecule has 0 saturated carbocycles. The summed E-state index contributed by atoms with van der Waals surface area (Å²) in [4.78, 5) is 27.7. The number of hydrogen-bond donors (Lipinski definition) is 1. The Balaban J connectivity index is 1.90. The third-order valence-electron chi connectivity index (χ3n) is 6.90. The summed E-state index contributed by atoms with van der Waals surface area (Å²) in [6.07, 6.45) is -0.432. The number of carboxylic acids is 1. The number of amides is 1. The number of hydrogen-bond acceptors (Lipinski definition) is 3. The molecular weight excluding hydrogens is 450 g/mol. The van der Waals surface area contributed by atoms with Crippen LogP contribution in [0.4, 0.5) is 0 Å². The van der Waals surface area contributed by atoms with Gasteiger partial charge in [0.2, 0.25) is 0 Å². The van der Waals surface area contributed by atoms with E-state index in [1.807, 2.05) is 101 Å². The molecule has 0 fully saturated rings. The number of aryl methyl sites for hydroxylation is 1. The molecule has 3 aromatic carbocycles. The van der Waals surface area contributed by atoms with Crippen molar-refractivity contribution in [3.63, 3.8) is 0 Å². The van der Waals surface area contributed by atoms with Crippen molar-refractivity contribution in [2.75, 3.05) is 6.54 Å². The van der Waals surface area contributed by atoms with Crippen LogP contribution >= 0.6 is 0 Å². The lowest BCUT2D eigenvalue weighted by molar-refractivity contribution is -0.160. The Morgan fingerprint density at radius 2 is 1.56 bits per heavy atom. The Bertz CT molecular complexity index is 1290. The lowest BCUT2D eigenvalue weighted by Gasteiger charge is -2.35. The van der Waals surface area contributed by atoms with Crippen molar-refractivity contribution < 1.29 is 19.4 Å². The molecule has 0 aliphatic carbocycles.